The van der Waals surface area contributed by atoms with Gasteiger partial charge in [0.15, 0.2) is 0 Å². The number of amides is 1. The van der Waals surface area contributed by atoms with Crippen LogP contribution < -0.4 is 4.90 Å². The normalized spacial score (nSPS) is 15.5. The minimum atomic E-state index is -4.43. The van der Waals surface area contributed by atoms with E-state index in [9.17, 15) is 23.1 Å². The molecule has 138 valence electrons. The maximum Gasteiger partial charge on any atom is 0.416 e. The quantitative estimate of drug-likeness (QED) is 0.901. The van der Waals surface area contributed by atoms with Gasteiger partial charge in [-0.25, -0.2) is 0 Å². The molecule has 3 rings (SSSR count). The lowest BCUT2D eigenvalue weighted by molar-refractivity contribution is -0.137. The maximum atomic E-state index is 12.9. The van der Waals surface area contributed by atoms with Crippen LogP contribution in [-0.4, -0.2) is 28.6 Å². The van der Waals surface area contributed by atoms with E-state index in [0.29, 0.717) is 22.5 Å². The Labute approximate surface area is 149 Å². The van der Waals surface area contributed by atoms with Crippen LogP contribution in [0.15, 0.2) is 36.5 Å². The molecule has 1 atom stereocenters. The van der Waals surface area contributed by atoms with Crippen LogP contribution in [0, 0.1) is 5.92 Å². The summed E-state index contributed by atoms with van der Waals surface area (Å²) in [4.78, 5) is 18.0. The number of aliphatic hydroxyl groups excluding tert-OH is 1. The molecule has 1 aliphatic rings. The topological polar surface area (TPSA) is 53.4 Å². The van der Waals surface area contributed by atoms with Crippen molar-refractivity contribution in [2.75, 3.05) is 11.4 Å². The highest BCUT2D eigenvalue weighted by molar-refractivity contribution is 6.01. The van der Waals surface area contributed by atoms with Gasteiger partial charge >= 0.3 is 6.18 Å². The lowest BCUT2D eigenvalue weighted by atomic mass is 10.0. The minimum absolute atomic E-state index is 0.0218. The number of alkyl halides is 3. The zero-order valence-electron chi connectivity index (χ0n) is 14.4. The Morgan fingerprint density at radius 1 is 1.23 bits per heavy atom. The van der Waals surface area contributed by atoms with Crippen LogP contribution in [-0.2, 0) is 17.4 Å². The number of carbonyl (C=O) groups excluding carboxylic acids is 1. The van der Waals surface area contributed by atoms with Crippen LogP contribution in [0.5, 0.6) is 0 Å². The van der Waals surface area contributed by atoms with E-state index in [1.165, 1.54) is 17.2 Å². The number of aliphatic hydroxyl groups is 1. The summed E-state index contributed by atoms with van der Waals surface area (Å²) >= 11 is 0. The first-order chi connectivity index (χ1) is 12.2. The molecule has 0 saturated heterocycles. The summed E-state index contributed by atoms with van der Waals surface area (Å²) in [5, 5.41) is 10.1. The van der Waals surface area contributed by atoms with Gasteiger partial charge in [0.05, 0.1) is 36.0 Å². The van der Waals surface area contributed by atoms with E-state index < -0.39 is 17.8 Å². The highest BCUT2D eigenvalue weighted by Gasteiger charge is 2.32. The number of halogens is 3. The number of hydrogen-bond acceptors (Lipinski definition) is 3. The highest BCUT2D eigenvalue weighted by atomic mass is 19.4. The number of rotatable bonds is 4. The molecule has 2 heterocycles. The molecule has 1 aromatic heterocycles. The number of nitrogens with zero attached hydrogens (tertiary/aromatic N) is 2. The second-order valence-electron chi connectivity index (χ2n) is 6.76. The van der Waals surface area contributed by atoms with Gasteiger partial charge < -0.3 is 10.0 Å². The standard InChI is InChI=1S/C19H19F3N2O2/c1-11(2)17(25)10-24-16-7-13(9-23-15(16)8-18(24)26)12-4-3-5-14(6-12)19(20,21)22/h3-7,9,11,17,25H,8,10H2,1-2H3. The van der Waals surface area contributed by atoms with Gasteiger partial charge in [0.25, 0.3) is 0 Å². The van der Waals surface area contributed by atoms with Crippen molar-refractivity contribution in [1.29, 1.82) is 0 Å². The lowest BCUT2D eigenvalue weighted by Crippen LogP contribution is -2.37. The zero-order chi connectivity index (χ0) is 19.1. The number of β-amino-alcohol motifs (C(OH)–C–C–N with tert-alkyl or cyclic N) is 1. The number of aromatic nitrogens is 1. The van der Waals surface area contributed by atoms with Gasteiger partial charge in [0, 0.05) is 11.8 Å². The Morgan fingerprint density at radius 2 is 1.96 bits per heavy atom. The fraction of sp³-hybridized carbons (Fsp3) is 0.368. The monoisotopic (exact) mass is 364 g/mol. The molecular weight excluding hydrogens is 345 g/mol. The lowest BCUT2D eigenvalue weighted by Gasteiger charge is -2.23. The van der Waals surface area contributed by atoms with Crippen molar-refractivity contribution in [3.8, 4) is 11.1 Å². The van der Waals surface area contributed by atoms with Gasteiger partial charge in [-0.1, -0.05) is 26.0 Å². The Kier molecular flexibility index (Phi) is 4.75. The molecule has 0 radical (unpaired) electrons. The first-order valence-corrected chi connectivity index (χ1v) is 8.32. The van der Waals surface area contributed by atoms with Gasteiger partial charge in [-0.2, -0.15) is 13.2 Å². The number of fused-ring (bicyclic) bond motifs is 1. The highest BCUT2D eigenvalue weighted by Crippen LogP contribution is 2.35. The SMILES string of the molecule is CC(C)C(O)CN1C(=O)Cc2ncc(-c3cccc(C(F)(F)F)c3)cc21. The van der Waals surface area contributed by atoms with Crippen LogP contribution >= 0.6 is 0 Å². The summed E-state index contributed by atoms with van der Waals surface area (Å²) < 4.78 is 38.8. The molecule has 0 bridgehead atoms. The Balaban J connectivity index is 1.96. The molecule has 1 N–H and O–H groups in total. The van der Waals surface area contributed by atoms with Crippen molar-refractivity contribution in [3.63, 3.8) is 0 Å². The van der Waals surface area contributed by atoms with E-state index >= 15 is 0 Å². The van der Waals surface area contributed by atoms with E-state index in [-0.39, 0.29) is 24.8 Å². The smallest absolute Gasteiger partial charge is 0.391 e. The molecule has 1 unspecified atom stereocenters. The summed E-state index contributed by atoms with van der Waals surface area (Å²) in [6, 6.07) is 6.65. The van der Waals surface area contributed by atoms with Crippen molar-refractivity contribution in [2.24, 2.45) is 5.92 Å². The van der Waals surface area contributed by atoms with Gasteiger partial charge in [-0.3, -0.25) is 9.78 Å². The van der Waals surface area contributed by atoms with E-state index in [4.69, 9.17) is 0 Å². The van der Waals surface area contributed by atoms with Gasteiger partial charge in [-0.05, 0) is 29.7 Å². The van der Waals surface area contributed by atoms with Crippen LogP contribution in [0.4, 0.5) is 18.9 Å². The van der Waals surface area contributed by atoms with E-state index in [0.717, 1.165) is 12.1 Å². The summed E-state index contributed by atoms with van der Waals surface area (Å²) in [7, 11) is 0. The molecule has 0 saturated carbocycles. The number of benzene rings is 1. The molecule has 1 aromatic carbocycles. The maximum absolute atomic E-state index is 12.9. The molecule has 0 spiro atoms. The molecule has 0 aliphatic carbocycles. The molecule has 4 nitrogen and oxygen atoms in total. The third kappa shape index (κ3) is 3.58. The minimum Gasteiger partial charge on any atom is -0.391 e. The average molecular weight is 364 g/mol. The van der Waals surface area contributed by atoms with E-state index in [2.05, 4.69) is 4.98 Å². The zero-order valence-corrected chi connectivity index (χ0v) is 14.4. The fourth-order valence-electron chi connectivity index (χ4n) is 2.86. The molecule has 1 aliphatic heterocycles. The first kappa shape index (κ1) is 18.4. The van der Waals surface area contributed by atoms with Crippen LogP contribution in [0.25, 0.3) is 11.1 Å². The number of carbonyl (C=O) groups is 1. The molecular formula is C19H19F3N2O2. The molecule has 1 amide bonds. The van der Waals surface area contributed by atoms with Crippen LogP contribution in [0.1, 0.15) is 25.1 Å². The Morgan fingerprint density at radius 3 is 2.62 bits per heavy atom. The molecule has 2 aromatic rings. The number of hydrogen-bond donors (Lipinski definition) is 1. The predicted octanol–water partition coefficient (Wildman–Crippen LogP) is 3.67. The van der Waals surface area contributed by atoms with Crippen molar-refractivity contribution in [3.05, 3.63) is 47.8 Å². The number of anilines is 1. The van der Waals surface area contributed by atoms with Gasteiger partial charge in [0.1, 0.15) is 0 Å². The molecule has 0 fully saturated rings. The summed E-state index contributed by atoms with van der Waals surface area (Å²) in [6.45, 7) is 3.84. The Bertz CT molecular complexity index is 834. The summed E-state index contributed by atoms with van der Waals surface area (Å²) in [5.74, 6) is -0.195. The molecule has 7 heteroatoms. The summed E-state index contributed by atoms with van der Waals surface area (Å²) in [5.41, 5.74) is 1.25. The third-order valence-corrected chi connectivity index (χ3v) is 4.52. The van der Waals surface area contributed by atoms with Crippen molar-refractivity contribution < 1.29 is 23.1 Å². The second-order valence-corrected chi connectivity index (χ2v) is 6.76. The van der Waals surface area contributed by atoms with Gasteiger partial charge in [0.2, 0.25) is 5.91 Å². The van der Waals surface area contributed by atoms with Crippen molar-refractivity contribution >= 4 is 11.6 Å². The van der Waals surface area contributed by atoms with Crippen molar-refractivity contribution in [1.82, 2.24) is 4.98 Å². The number of pyridine rings is 1. The fourth-order valence-corrected chi connectivity index (χ4v) is 2.86. The second kappa shape index (κ2) is 6.72. The average Bonchev–Trinajstić information content (AvgIpc) is 2.89. The van der Waals surface area contributed by atoms with Crippen LogP contribution in [0.2, 0.25) is 0 Å². The third-order valence-electron chi connectivity index (χ3n) is 4.52. The summed E-state index contributed by atoms with van der Waals surface area (Å²) in [6.07, 6.45) is -3.52. The first-order valence-electron chi connectivity index (χ1n) is 8.32. The predicted molar refractivity (Wildman–Crippen MR) is 91.6 cm³/mol. The van der Waals surface area contributed by atoms with Crippen LogP contribution in [0.3, 0.4) is 0 Å². The van der Waals surface area contributed by atoms with E-state index in [1.54, 1.807) is 12.1 Å². The Hall–Kier alpha value is -2.41. The van der Waals surface area contributed by atoms with E-state index in [1.807, 2.05) is 13.8 Å². The van der Waals surface area contributed by atoms with Gasteiger partial charge in [-0.15, -0.1) is 0 Å². The largest absolute Gasteiger partial charge is 0.416 e. The van der Waals surface area contributed by atoms with Crippen molar-refractivity contribution in [2.45, 2.75) is 32.5 Å². The molecule has 26 heavy (non-hydrogen) atoms.